The molecule has 1 saturated carbocycles. The van der Waals surface area contributed by atoms with E-state index in [-0.39, 0.29) is 18.1 Å². The minimum Gasteiger partial charge on any atom is -0.394 e. The fourth-order valence-corrected chi connectivity index (χ4v) is 3.23. The molecule has 1 aliphatic carbocycles. The summed E-state index contributed by atoms with van der Waals surface area (Å²) < 4.78 is 0. The summed E-state index contributed by atoms with van der Waals surface area (Å²) >= 11 is 1.59. The molecule has 0 radical (unpaired) electrons. The molecule has 19 heavy (non-hydrogen) atoms. The van der Waals surface area contributed by atoms with E-state index in [1.54, 1.807) is 24.2 Å². The average Bonchev–Trinajstić information content (AvgIpc) is 2.89. The van der Waals surface area contributed by atoms with E-state index in [0.717, 1.165) is 31.4 Å². The third-order valence-corrected chi connectivity index (χ3v) is 4.52. The molecule has 1 aliphatic rings. The van der Waals surface area contributed by atoms with Crippen molar-refractivity contribution >= 4 is 17.7 Å². The Kier molecular flexibility index (Phi) is 5.22. The topological polar surface area (TPSA) is 62.2 Å². The molecule has 1 fully saturated rings. The number of carbonyl (C=O) groups excluding carboxylic acids is 1. The van der Waals surface area contributed by atoms with Gasteiger partial charge >= 0.3 is 0 Å². The predicted molar refractivity (Wildman–Crippen MR) is 76.8 cm³/mol. The summed E-state index contributed by atoms with van der Waals surface area (Å²) in [5.74, 6) is 1.27. The van der Waals surface area contributed by atoms with Gasteiger partial charge in [0.05, 0.1) is 17.9 Å². The Balaban J connectivity index is 1.73. The van der Waals surface area contributed by atoms with Crippen LogP contribution in [-0.2, 0) is 10.5 Å². The van der Waals surface area contributed by atoms with Crippen LogP contribution in [0.1, 0.15) is 31.2 Å². The number of aliphatic hydroxyl groups excluding tert-OH is 1. The highest BCUT2D eigenvalue weighted by molar-refractivity contribution is 7.99. The second kappa shape index (κ2) is 6.91. The molecule has 4 nitrogen and oxygen atoms in total. The molecule has 1 aromatic heterocycles. The molecule has 5 heteroatoms. The molecule has 0 atom stereocenters. The largest absolute Gasteiger partial charge is 0.394 e. The Morgan fingerprint density at radius 1 is 1.37 bits per heavy atom. The molecule has 1 heterocycles. The van der Waals surface area contributed by atoms with Gasteiger partial charge in [0.1, 0.15) is 0 Å². The van der Waals surface area contributed by atoms with Crippen LogP contribution in [0.4, 0.5) is 0 Å². The number of thioether (sulfide) groups is 1. The number of nitrogens with zero attached hydrogens (tertiary/aromatic N) is 1. The van der Waals surface area contributed by atoms with E-state index in [1.165, 1.54) is 5.56 Å². The predicted octanol–water partition coefficient (Wildman–Crippen LogP) is 1.74. The minimum atomic E-state index is -0.353. The van der Waals surface area contributed by atoms with E-state index in [1.807, 2.05) is 12.1 Å². The standard InChI is InChI=1S/C14H20N2O2S/c17-11-14(5-1-2-6-14)16-13(18)10-19-9-12-3-7-15-8-4-12/h3-4,7-8,17H,1-2,5-6,9-11H2,(H,16,18). The zero-order chi connectivity index (χ0) is 13.6. The number of hydrogen-bond acceptors (Lipinski definition) is 4. The van der Waals surface area contributed by atoms with Gasteiger partial charge < -0.3 is 10.4 Å². The molecular weight excluding hydrogens is 260 g/mol. The maximum Gasteiger partial charge on any atom is 0.230 e. The summed E-state index contributed by atoms with van der Waals surface area (Å²) in [7, 11) is 0. The second-order valence-corrected chi connectivity index (χ2v) is 6.03. The van der Waals surface area contributed by atoms with Gasteiger partial charge in [0.25, 0.3) is 0 Å². The lowest BCUT2D eigenvalue weighted by atomic mass is 9.99. The Bertz CT molecular complexity index is 405. The van der Waals surface area contributed by atoms with Crippen LogP contribution in [-0.4, -0.2) is 33.9 Å². The lowest BCUT2D eigenvalue weighted by Gasteiger charge is -2.27. The molecule has 0 unspecified atom stereocenters. The van der Waals surface area contributed by atoms with Crippen molar-refractivity contribution in [3.63, 3.8) is 0 Å². The van der Waals surface area contributed by atoms with Crippen LogP contribution in [0.15, 0.2) is 24.5 Å². The Labute approximate surface area is 118 Å². The molecule has 1 amide bonds. The molecule has 0 spiro atoms. The third kappa shape index (κ3) is 4.21. The van der Waals surface area contributed by atoms with Gasteiger partial charge in [-0.3, -0.25) is 9.78 Å². The first-order valence-electron chi connectivity index (χ1n) is 6.63. The van der Waals surface area contributed by atoms with Crippen LogP contribution in [0.2, 0.25) is 0 Å². The minimum absolute atomic E-state index is 0.0232. The summed E-state index contributed by atoms with van der Waals surface area (Å²) in [5.41, 5.74) is 0.819. The molecular formula is C14H20N2O2S. The van der Waals surface area contributed by atoms with Gasteiger partial charge in [-0.2, -0.15) is 0 Å². The number of aromatic nitrogens is 1. The molecule has 0 aromatic carbocycles. The third-order valence-electron chi connectivity index (χ3n) is 3.52. The first-order chi connectivity index (χ1) is 9.24. The number of hydrogen-bond donors (Lipinski definition) is 2. The first kappa shape index (κ1) is 14.3. The van der Waals surface area contributed by atoms with Crippen molar-refractivity contribution in [2.24, 2.45) is 0 Å². The van der Waals surface area contributed by atoms with Gasteiger partial charge in [-0.15, -0.1) is 11.8 Å². The van der Waals surface area contributed by atoms with Gasteiger partial charge in [0.2, 0.25) is 5.91 Å². The van der Waals surface area contributed by atoms with Crippen LogP contribution in [0.5, 0.6) is 0 Å². The molecule has 0 saturated heterocycles. The van der Waals surface area contributed by atoms with Crippen molar-refractivity contribution < 1.29 is 9.90 Å². The summed E-state index contributed by atoms with van der Waals surface area (Å²) in [6, 6.07) is 3.91. The summed E-state index contributed by atoms with van der Waals surface area (Å²) in [5, 5.41) is 12.4. The quantitative estimate of drug-likeness (QED) is 0.833. The highest BCUT2D eigenvalue weighted by Gasteiger charge is 2.34. The molecule has 2 rings (SSSR count). The van der Waals surface area contributed by atoms with Crippen molar-refractivity contribution in [3.8, 4) is 0 Å². The fourth-order valence-electron chi connectivity index (χ4n) is 2.45. The van der Waals surface area contributed by atoms with Crippen LogP contribution in [0, 0.1) is 0 Å². The SMILES string of the molecule is O=C(CSCc1ccncc1)NC1(CO)CCCC1. The summed E-state index contributed by atoms with van der Waals surface area (Å²) in [4.78, 5) is 15.9. The van der Waals surface area contributed by atoms with Crippen molar-refractivity contribution in [2.75, 3.05) is 12.4 Å². The van der Waals surface area contributed by atoms with Crippen molar-refractivity contribution in [1.82, 2.24) is 10.3 Å². The maximum atomic E-state index is 11.9. The van der Waals surface area contributed by atoms with Gasteiger partial charge in [0, 0.05) is 18.1 Å². The van der Waals surface area contributed by atoms with E-state index in [2.05, 4.69) is 10.3 Å². The number of rotatable bonds is 6. The highest BCUT2D eigenvalue weighted by Crippen LogP contribution is 2.29. The van der Waals surface area contributed by atoms with E-state index in [0.29, 0.717) is 5.75 Å². The summed E-state index contributed by atoms with van der Waals surface area (Å²) in [6.07, 6.45) is 7.48. The number of amides is 1. The smallest absolute Gasteiger partial charge is 0.230 e. The number of nitrogens with one attached hydrogen (secondary N) is 1. The summed E-state index contributed by atoms with van der Waals surface area (Å²) in [6.45, 7) is 0.0494. The van der Waals surface area contributed by atoms with E-state index >= 15 is 0 Å². The zero-order valence-electron chi connectivity index (χ0n) is 11.0. The number of aliphatic hydroxyl groups is 1. The monoisotopic (exact) mass is 280 g/mol. The van der Waals surface area contributed by atoms with Crippen LogP contribution in [0.25, 0.3) is 0 Å². The normalized spacial score (nSPS) is 17.3. The Morgan fingerprint density at radius 2 is 2.05 bits per heavy atom. The van der Waals surface area contributed by atoms with Gasteiger partial charge in [-0.1, -0.05) is 12.8 Å². The number of pyridine rings is 1. The van der Waals surface area contributed by atoms with Crippen molar-refractivity contribution in [3.05, 3.63) is 30.1 Å². The van der Waals surface area contributed by atoms with Crippen molar-refractivity contribution in [2.45, 2.75) is 37.0 Å². The van der Waals surface area contributed by atoms with Crippen LogP contribution >= 0.6 is 11.8 Å². The first-order valence-corrected chi connectivity index (χ1v) is 7.78. The van der Waals surface area contributed by atoms with E-state index in [9.17, 15) is 9.90 Å². The lowest BCUT2D eigenvalue weighted by Crippen LogP contribution is -2.49. The zero-order valence-corrected chi connectivity index (χ0v) is 11.8. The van der Waals surface area contributed by atoms with Crippen molar-refractivity contribution in [1.29, 1.82) is 0 Å². The maximum absolute atomic E-state index is 11.9. The van der Waals surface area contributed by atoms with E-state index in [4.69, 9.17) is 0 Å². The molecule has 1 aromatic rings. The average molecular weight is 280 g/mol. The van der Waals surface area contributed by atoms with E-state index < -0.39 is 0 Å². The molecule has 0 bridgehead atoms. The molecule has 2 N–H and O–H groups in total. The lowest BCUT2D eigenvalue weighted by molar-refractivity contribution is -0.121. The number of carbonyl (C=O) groups is 1. The van der Waals surface area contributed by atoms with Gasteiger partial charge in [-0.25, -0.2) is 0 Å². The van der Waals surface area contributed by atoms with Gasteiger partial charge in [0.15, 0.2) is 0 Å². The van der Waals surface area contributed by atoms with Crippen LogP contribution in [0.3, 0.4) is 0 Å². The molecule has 104 valence electrons. The Hall–Kier alpha value is -1.07. The van der Waals surface area contributed by atoms with Gasteiger partial charge in [-0.05, 0) is 30.5 Å². The van der Waals surface area contributed by atoms with Crippen LogP contribution < -0.4 is 5.32 Å². The molecule has 0 aliphatic heterocycles. The fraction of sp³-hybridized carbons (Fsp3) is 0.571. The Morgan fingerprint density at radius 3 is 2.68 bits per heavy atom. The highest BCUT2D eigenvalue weighted by atomic mass is 32.2. The second-order valence-electron chi connectivity index (χ2n) is 5.04.